The number of aromatic nitrogens is 1. The maximum Gasteiger partial charge on any atom is 0.203 e. The van der Waals surface area contributed by atoms with E-state index in [-0.39, 0.29) is 5.78 Å². The molecule has 0 unspecified atom stereocenters. The van der Waals surface area contributed by atoms with Gasteiger partial charge >= 0.3 is 0 Å². The Bertz CT molecular complexity index is 730. The van der Waals surface area contributed by atoms with Gasteiger partial charge in [-0.15, -0.1) is 11.3 Å². The van der Waals surface area contributed by atoms with Crippen molar-refractivity contribution in [1.82, 2.24) is 4.98 Å². The summed E-state index contributed by atoms with van der Waals surface area (Å²) in [6.07, 6.45) is 1.66. The molecule has 18 heavy (non-hydrogen) atoms. The summed E-state index contributed by atoms with van der Waals surface area (Å²) in [6, 6.07) is 12.9. The number of hydrogen-bond donors (Lipinski definition) is 0. The van der Waals surface area contributed by atoms with Crippen molar-refractivity contribution in [3.8, 4) is 0 Å². The van der Waals surface area contributed by atoms with E-state index in [9.17, 15) is 4.79 Å². The largest absolute Gasteiger partial charge is 0.288 e. The van der Waals surface area contributed by atoms with Gasteiger partial charge in [-0.25, -0.2) is 0 Å². The summed E-state index contributed by atoms with van der Waals surface area (Å²) in [4.78, 5) is 17.3. The second kappa shape index (κ2) is 4.52. The number of carbonyl (C=O) groups excluding carboxylic acids is 1. The number of benzene rings is 1. The number of nitrogens with zero attached hydrogens (tertiary/aromatic N) is 1. The summed E-state index contributed by atoms with van der Waals surface area (Å²) < 4.78 is 0.622. The minimum Gasteiger partial charge on any atom is -0.288 e. The molecule has 0 spiro atoms. The van der Waals surface area contributed by atoms with Crippen LogP contribution in [-0.2, 0) is 0 Å². The normalized spacial score (nSPS) is 10.7. The van der Waals surface area contributed by atoms with Crippen molar-refractivity contribution in [2.24, 2.45) is 0 Å². The van der Waals surface area contributed by atoms with Gasteiger partial charge in [-0.3, -0.25) is 9.78 Å². The van der Waals surface area contributed by atoms with Gasteiger partial charge in [0.15, 0.2) is 0 Å². The van der Waals surface area contributed by atoms with E-state index in [1.165, 1.54) is 11.3 Å². The van der Waals surface area contributed by atoms with Gasteiger partial charge in [0.1, 0.15) is 0 Å². The fraction of sp³-hybridized carbons (Fsp3) is 0. The van der Waals surface area contributed by atoms with E-state index in [1.54, 1.807) is 24.4 Å². The van der Waals surface area contributed by atoms with Crippen LogP contribution >= 0.6 is 22.9 Å². The van der Waals surface area contributed by atoms with Crippen LogP contribution in [-0.4, -0.2) is 10.8 Å². The molecule has 0 bridgehead atoms. The molecule has 0 atom stereocenters. The predicted octanol–water partition coefficient (Wildman–Crippen LogP) is 4.18. The SMILES string of the molecule is O=C(c1ccc(Cl)s1)c1ccnc2ccccc12. The first-order chi connectivity index (χ1) is 8.75. The van der Waals surface area contributed by atoms with Gasteiger partial charge in [-0.2, -0.15) is 0 Å². The van der Waals surface area contributed by atoms with E-state index in [4.69, 9.17) is 11.6 Å². The van der Waals surface area contributed by atoms with Crippen LogP contribution in [0, 0.1) is 0 Å². The second-order valence-electron chi connectivity index (χ2n) is 3.81. The number of thiophene rings is 1. The lowest BCUT2D eigenvalue weighted by atomic mass is 10.0. The monoisotopic (exact) mass is 273 g/mol. The summed E-state index contributed by atoms with van der Waals surface area (Å²) in [6.45, 7) is 0. The summed E-state index contributed by atoms with van der Waals surface area (Å²) in [5, 5.41) is 0.870. The fourth-order valence-corrected chi connectivity index (χ4v) is 2.86. The van der Waals surface area contributed by atoms with Crippen molar-refractivity contribution in [3.63, 3.8) is 0 Å². The molecule has 0 saturated heterocycles. The number of para-hydroxylation sites is 1. The Labute approximate surface area is 113 Å². The van der Waals surface area contributed by atoms with Crippen LogP contribution in [0.5, 0.6) is 0 Å². The van der Waals surface area contributed by atoms with E-state index in [0.29, 0.717) is 14.8 Å². The molecule has 0 aliphatic rings. The molecule has 4 heteroatoms. The zero-order valence-electron chi connectivity index (χ0n) is 9.26. The third-order valence-electron chi connectivity index (χ3n) is 2.69. The second-order valence-corrected chi connectivity index (χ2v) is 5.52. The van der Waals surface area contributed by atoms with Crippen molar-refractivity contribution in [2.75, 3.05) is 0 Å². The molecular formula is C14H8ClNOS. The highest BCUT2D eigenvalue weighted by molar-refractivity contribution is 7.18. The molecule has 0 fully saturated rings. The van der Waals surface area contributed by atoms with Crippen molar-refractivity contribution in [2.45, 2.75) is 0 Å². The molecule has 0 aliphatic heterocycles. The number of hydrogen-bond acceptors (Lipinski definition) is 3. The van der Waals surface area contributed by atoms with E-state index in [0.717, 1.165) is 10.9 Å². The number of fused-ring (bicyclic) bond motifs is 1. The number of ketones is 1. The molecular weight excluding hydrogens is 266 g/mol. The van der Waals surface area contributed by atoms with Crippen molar-refractivity contribution in [1.29, 1.82) is 0 Å². The zero-order valence-corrected chi connectivity index (χ0v) is 10.8. The molecule has 0 saturated carbocycles. The fourth-order valence-electron chi connectivity index (χ4n) is 1.86. The number of halogens is 1. The molecule has 2 aromatic heterocycles. The van der Waals surface area contributed by atoms with Crippen LogP contribution in [0.3, 0.4) is 0 Å². The van der Waals surface area contributed by atoms with Crippen molar-refractivity contribution >= 4 is 39.6 Å². The van der Waals surface area contributed by atoms with Crippen LogP contribution < -0.4 is 0 Å². The van der Waals surface area contributed by atoms with Gasteiger partial charge in [0.2, 0.25) is 5.78 Å². The minimum absolute atomic E-state index is 0.00880. The Hall–Kier alpha value is -1.71. The standard InChI is InChI=1S/C14H8ClNOS/c15-13-6-5-12(18-13)14(17)10-7-8-16-11-4-2-1-3-9(10)11/h1-8H. The number of rotatable bonds is 2. The molecule has 1 aromatic carbocycles. The third-order valence-corrected chi connectivity index (χ3v) is 3.92. The van der Waals surface area contributed by atoms with Gasteiger partial charge in [-0.1, -0.05) is 29.8 Å². The Balaban J connectivity index is 2.17. The minimum atomic E-state index is -0.00880. The molecule has 0 amide bonds. The topological polar surface area (TPSA) is 30.0 Å². The highest BCUT2D eigenvalue weighted by Crippen LogP contribution is 2.26. The molecule has 0 N–H and O–H groups in total. The van der Waals surface area contributed by atoms with Crippen LogP contribution in [0.15, 0.2) is 48.7 Å². The maximum atomic E-state index is 12.4. The Morgan fingerprint density at radius 2 is 1.94 bits per heavy atom. The number of carbonyl (C=O) groups is 1. The van der Waals surface area contributed by atoms with Crippen LogP contribution in [0.2, 0.25) is 4.34 Å². The predicted molar refractivity (Wildman–Crippen MR) is 74.5 cm³/mol. The summed E-state index contributed by atoms with van der Waals surface area (Å²) in [7, 11) is 0. The molecule has 0 radical (unpaired) electrons. The summed E-state index contributed by atoms with van der Waals surface area (Å²) in [5.74, 6) is -0.00880. The molecule has 2 heterocycles. The highest BCUT2D eigenvalue weighted by atomic mass is 35.5. The first-order valence-corrected chi connectivity index (χ1v) is 6.59. The molecule has 3 aromatic rings. The third kappa shape index (κ3) is 1.92. The lowest BCUT2D eigenvalue weighted by molar-refractivity contribution is 0.104. The van der Waals surface area contributed by atoms with E-state index in [1.807, 2.05) is 24.3 Å². The van der Waals surface area contributed by atoms with Gasteiger partial charge in [-0.05, 0) is 24.3 Å². The van der Waals surface area contributed by atoms with Crippen molar-refractivity contribution in [3.05, 3.63) is 63.4 Å². The van der Waals surface area contributed by atoms with E-state index < -0.39 is 0 Å². The average Bonchev–Trinajstić information content (AvgIpc) is 2.84. The smallest absolute Gasteiger partial charge is 0.203 e. The van der Waals surface area contributed by atoms with E-state index in [2.05, 4.69) is 4.98 Å². The Morgan fingerprint density at radius 3 is 2.72 bits per heavy atom. The lowest BCUT2D eigenvalue weighted by Gasteiger charge is -2.03. The first-order valence-electron chi connectivity index (χ1n) is 5.39. The molecule has 88 valence electrons. The van der Waals surface area contributed by atoms with Crippen molar-refractivity contribution < 1.29 is 4.79 Å². The molecule has 0 aliphatic carbocycles. The van der Waals surface area contributed by atoms with Gasteiger partial charge in [0.25, 0.3) is 0 Å². The number of pyridine rings is 1. The Morgan fingerprint density at radius 1 is 1.11 bits per heavy atom. The zero-order chi connectivity index (χ0) is 12.5. The maximum absolute atomic E-state index is 12.4. The molecule has 3 rings (SSSR count). The average molecular weight is 274 g/mol. The lowest BCUT2D eigenvalue weighted by Crippen LogP contribution is -2.00. The van der Waals surface area contributed by atoms with Crippen LogP contribution in [0.25, 0.3) is 10.9 Å². The van der Waals surface area contributed by atoms with E-state index >= 15 is 0 Å². The molecule has 2 nitrogen and oxygen atoms in total. The van der Waals surface area contributed by atoms with Gasteiger partial charge < -0.3 is 0 Å². The summed E-state index contributed by atoms with van der Waals surface area (Å²) >= 11 is 7.16. The van der Waals surface area contributed by atoms with Gasteiger partial charge in [0.05, 0.1) is 14.7 Å². The highest BCUT2D eigenvalue weighted by Gasteiger charge is 2.14. The quantitative estimate of drug-likeness (QED) is 0.656. The van der Waals surface area contributed by atoms with Gasteiger partial charge in [0, 0.05) is 17.1 Å². The summed E-state index contributed by atoms with van der Waals surface area (Å²) in [5.41, 5.74) is 1.49. The van der Waals surface area contributed by atoms with Crippen LogP contribution in [0.4, 0.5) is 0 Å². The van der Waals surface area contributed by atoms with Crippen LogP contribution in [0.1, 0.15) is 15.2 Å². The first kappa shape index (κ1) is 11.4. The Kier molecular flexibility index (Phi) is 2.86.